The number of hydrogen-bond donors (Lipinski definition) is 0. The fourth-order valence-electron chi connectivity index (χ4n) is 2.24. The predicted octanol–water partition coefficient (Wildman–Crippen LogP) is 4.19. The molecule has 4 nitrogen and oxygen atoms in total. The molecule has 2 rings (SSSR count). The number of para-hydroxylation sites is 1. The van der Waals surface area contributed by atoms with Crippen LogP contribution in [0.15, 0.2) is 36.5 Å². The topological polar surface area (TPSA) is 36.4 Å². The molecule has 27 heavy (non-hydrogen) atoms. The standard InChI is InChI=1S/C19H23N3OS4/c1-21(2)18(24)26-11-15(12-27-19(25)22(3)4)17(23)14-9-13-7-5-6-8-16(13)20-10-14/h5-10,15H,11-12H2,1-4H3. The second-order valence-electron chi connectivity index (χ2n) is 6.42. The van der Waals surface area contributed by atoms with Crippen LogP contribution in [0.25, 0.3) is 10.9 Å². The maximum atomic E-state index is 13.2. The van der Waals surface area contributed by atoms with Gasteiger partial charge in [-0.15, -0.1) is 0 Å². The van der Waals surface area contributed by atoms with Crippen LogP contribution in [0, 0.1) is 5.92 Å². The molecule has 0 aliphatic carbocycles. The predicted molar refractivity (Wildman–Crippen MR) is 127 cm³/mol. The number of aromatic nitrogens is 1. The maximum Gasteiger partial charge on any atom is 0.169 e. The van der Waals surface area contributed by atoms with Gasteiger partial charge in [-0.3, -0.25) is 9.78 Å². The quantitative estimate of drug-likeness (QED) is 0.492. The van der Waals surface area contributed by atoms with Gasteiger partial charge in [0, 0.05) is 62.8 Å². The number of ketones is 1. The van der Waals surface area contributed by atoms with E-state index in [4.69, 9.17) is 24.4 Å². The van der Waals surface area contributed by atoms with E-state index in [2.05, 4.69) is 4.98 Å². The van der Waals surface area contributed by atoms with E-state index < -0.39 is 0 Å². The number of thioether (sulfide) groups is 2. The molecule has 8 heteroatoms. The maximum absolute atomic E-state index is 13.2. The van der Waals surface area contributed by atoms with Gasteiger partial charge in [-0.25, -0.2) is 0 Å². The Hall–Kier alpha value is -1.22. The van der Waals surface area contributed by atoms with Gasteiger partial charge in [0.15, 0.2) is 5.78 Å². The Morgan fingerprint density at radius 2 is 1.59 bits per heavy atom. The normalized spacial score (nSPS) is 10.9. The lowest BCUT2D eigenvalue weighted by Crippen LogP contribution is -2.25. The molecule has 0 radical (unpaired) electrons. The largest absolute Gasteiger partial charge is 0.364 e. The summed E-state index contributed by atoms with van der Waals surface area (Å²) in [5.41, 5.74) is 1.52. The molecule has 0 saturated heterocycles. The minimum absolute atomic E-state index is 0.0800. The molecule has 0 aliphatic rings. The summed E-state index contributed by atoms with van der Waals surface area (Å²) in [4.78, 5) is 21.4. The fraction of sp³-hybridized carbons (Fsp3) is 0.368. The van der Waals surface area contributed by atoms with Gasteiger partial charge in [-0.05, 0) is 12.1 Å². The molecule has 0 amide bonds. The number of carbonyl (C=O) groups is 1. The van der Waals surface area contributed by atoms with E-state index in [9.17, 15) is 4.79 Å². The lowest BCUT2D eigenvalue weighted by atomic mass is 10.0. The molecule has 0 bridgehead atoms. The Labute approximate surface area is 180 Å². The van der Waals surface area contributed by atoms with Crippen molar-refractivity contribution in [2.45, 2.75) is 0 Å². The third-order valence-corrected chi connectivity index (χ3v) is 7.59. The van der Waals surface area contributed by atoms with Gasteiger partial charge in [-0.1, -0.05) is 66.2 Å². The van der Waals surface area contributed by atoms with E-state index in [0.29, 0.717) is 17.1 Å². The molecular weight excluding hydrogens is 414 g/mol. The first-order valence-corrected chi connectivity index (χ1v) is 11.2. The van der Waals surface area contributed by atoms with Crippen molar-refractivity contribution in [1.29, 1.82) is 0 Å². The van der Waals surface area contributed by atoms with Crippen molar-refractivity contribution in [3.05, 3.63) is 42.1 Å². The summed E-state index contributed by atoms with van der Waals surface area (Å²) < 4.78 is 1.54. The summed E-state index contributed by atoms with van der Waals surface area (Å²) in [6.45, 7) is 0. The Bertz CT molecular complexity index is 815. The van der Waals surface area contributed by atoms with Gasteiger partial charge in [0.05, 0.1) is 5.52 Å². The molecular formula is C19H23N3OS4. The number of nitrogens with zero attached hydrogens (tertiary/aromatic N) is 3. The summed E-state index contributed by atoms with van der Waals surface area (Å²) in [7, 11) is 7.65. The van der Waals surface area contributed by atoms with Crippen LogP contribution in [-0.2, 0) is 0 Å². The highest BCUT2D eigenvalue weighted by Crippen LogP contribution is 2.23. The summed E-state index contributed by atoms with van der Waals surface area (Å²) >= 11 is 13.8. The molecule has 0 aliphatic heterocycles. The van der Waals surface area contributed by atoms with Crippen LogP contribution in [-0.4, -0.2) is 68.9 Å². The minimum atomic E-state index is -0.196. The smallest absolute Gasteiger partial charge is 0.169 e. The van der Waals surface area contributed by atoms with E-state index in [1.807, 2.05) is 68.3 Å². The van der Waals surface area contributed by atoms with E-state index in [1.165, 1.54) is 23.5 Å². The van der Waals surface area contributed by atoms with Gasteiger partial charge in [0.1, 0.15) is 8.64 Å². The number of hydrogen-bond acceptors (Lipinski definition) is 6. The fourth-order valence-corrected chi connectivity index (χ4v) is 4.54. The van der Waals surface area contributed by atoms with Crippen LogP contribution in [0.4, 0.5) is 0 Å². The second-order valence-corrected chi connectivity index (χ2v) is 9.73. The molecule has 2 aromatic rings. The molecule has 0 unspecified atom stereocenters. The zero-order chi connectivity index (χ0) is 20.0. The Morgan fingerprint density at radius 3 is 2.15 bits per heavy atom. The average molecular weight is 438 g/mol. The van der Waals surface area contributed by atoms with Crippen molar-refractivity contribution in [1.82, 2.24) is 14.8 Å². The number of benzene rings is 1. The van der Waals surface area contributed by atoms with Crippen molar-refractivity contribution < 1.29 is 4.79 Å². The van der Waals surface area contributed by atoms with Gasteiger partial charge in [0.25, 0.3) is 0 Å². The summed E-state index contributed by atoms with van der Waals surface area (Å²) in [5.74, 6) is 1.12. The highest BCUT2D eigenvalue weighted by Gasteiger charge is 2.23. The van der Waals surface area contributed by atoms with Crippen LogP contribution < -0.4 is 0 Å². The highest BCUT2D eigenvalue weighted by molar-refractivity contribution is 8.23. The first-order chi connectivity index (χ1) is 12.8. The lowest BCUT2D eigenvalue weighted by Gasteiger charge is -2.20. The molecule has 0 fully saturated rings. The molecule has 0 saturated carbocycles. The Morgan fingerprint density at radius 1 is 1.04 bits per heavy atom. The third kappa shape index (κ3) is 6.41. The van der Waals surface area contributed by atoms with Crippen LogP contribution in [0.3, 0.4) is 0 Å². The Kier molecular flexibility index (Phi) is 8.47. The van der Waals surface area contributed by atoms with Crippen LogP contribution in [0.1, 0.15) is 10.4 Å². The number of pyridine rings is 1. The molecule has 0 N–H and O–H groups in total. The molecule has 0 atom stereocenters. The number of rotatable bonds is 6. The second kappa shape index (κ2) is 10.4. The van der Waals surface area contributed by atoms with Gasteiger partial charge < -0.3 is 9.80 Å². The van der Waals surface area contributed by atoms with Crippen molar-refractivity contribution in [2.75, 3.05) is 39.7 Å². The SMILES string of the molecule is CN(C)C(=S)SCC(CSC(=S)N(C)C)C(=O)c1cnc2ccccc2c1. The van der Waals surface area contributed by atoms with Crippen molar-refractivity contribution in [3.8, 4) is 0 Å². The first kappa shape index (κ1) is 22.1. The number of Topliss-reactive ketones (excluding diaryl/α,β-unsaturated/α-hetero) is 1. The highest BCUT2D eigenvalue weighted by atomic mass is 32.2. The Balaban J connectivity index is 2.19. The summed E-state index contributed by atoms with van der Waals surface area (Å²) in [5, 5.41) is 0.968. The summed E-state index contributed by atoms with van der Waals surface area (Å²) in [6, 6.07) is 9.73. The lowest BCUT2D eigenvalue weighted by molar-refractivity contribution is 0.0944. The monoisotopic (exact) mass is 437 g/mol. The zero-order valence-corrected chi connectivity index (χ0v) is 19.1. The van der Waals surface area contributed by atoms with E-state index in [1.54, 1.807) is 6.20 Å². The van der Waals surface area contributed by atoms with Gasteiger partial charge in [0.2, 0.25) is 0 Å². The van der Waals surface area contributed by atoms with Crippen LogP contribution >= 0.6 is 48.0 Å². The van der Waals surface area contributed by atoms with Crippen molar-refractivity contribution in [3.63, 3.8) is 0 Å². The van der Waals surface area contributed by atoms with Gasteiger partial charge >= 0.3 is 0 Å². The van der Waals surface area contributed by atoms with Crippen LogP contribution in [0.5, 0.6) is 0 Å². The molecule has 0 spiro atoms. The number of carbonyl (C=O) groups excluding carboxylic acids is 1. The summed E-state index contributed by atoms with van der Waals surface area (Å²) in [6.07, 6.45) is 1.67. The van der Waals surface area contributed by atoms with Gasteiger partial charge in [-0.2, -0.15) is 0 Å². The third-order valence-electron chi connectivity index (χ3n) is 3.79. The molecule has 1 aromatic carbocycles. The molecule has 1 heterocycles. The van der Waals surface area contributed by atoms with E-state index in [0.717, 1.165) is 19.5 Å². The molecule has 144 valence electrons. The average Bonchev–Trinajstić information content (AvgIpc) is 2.66. The van der Waals surface area contributed by atoms with Crippen molar-refractivity contribution in [2.24, 2.45) is 5.92 Å². The zero-order valence-electron chi connectivity index (χ0n) is 15.8. The molecule has 1 aromatic heterocycles. The van der Waals surface area contributed by atoms with E-state index >= 15 is 0 Å². The first-order valence-electron chi connectivity index (χ1n) is 8.36. The minimum Gasteiger partial charge on any atom is -0.364 e. The number of thiocarbonyl (C=S) groups is 2. The van der Waals surface area contributed by atoms with E-state index in [-0.39, 0.29) is 11.7 Å². The number of fused-ring (bicyclic) bond motifs is 1. The van der Waals surface area contributed by atoms with Crippen LogP contribution in [0.2, 0.25) is 0 Å². The van der Waals surface area contributed by atoms with Crippen molar-refractivity contribution >= 4 is 73.3 Å².